The molecule has 1 aromatic rings. The van der Waals surface area contributed by atoms with Crippen LogP contribution >= 0.6 is 0 Å². The van der Waals surface area contributed by atoms with Crippen molar-refractivity contribution in [3.05, 3.63) is 23.8 Å². The van der Waals surface area contributed by atoms with Crippen LogP contribution in [0.4, 0.5) is 0 Å². The van der Waals surface area contributed by atoms with Gasteiger partial charge in [0.2, 0.25) is 0 Å². The van der Waals surface area contributed by atoms with Gasteiger partial charge in [-0.1, -0.05) is 33.3 Å². The van der Waals surface area contributed by atoms with Crippen molar-refractivity contribution in [1.29, 1.82) is 0 Å². The van der Waals surface area contributed by atoms with E-state index in [0.29, 0.717) is 6.04 Å². The minimum absolute atomic E-state index is 0.0523. The summed E-state index contributed by atoms with van der Waals surface area (Å²) in [5.41, 5.74) is 1.22. The number of methoxy groups -OCH3 is 1. The predicted octanol–water partition coefficient (Wildman–Crippen LogP) is 4.47. The van der Waals surface area contributed by atoms with Gasteiger partial charge in [-0.2, -0.15) is 0 Å². The van der Waals surface area contributed by atoms with E-state index in [0.717, 1.165) is 37.3 Å². The Kier molecular flexibility index (Phi) is 5.51. The molecule has 1 aromatic carbocycles. The summed E-state index contributed by atoms with van der Waals surface area (Å²) in [5, 5.41) is 3.72. The highest BCUT2D eigenvalue weighted by Gasteiger charge is 2.38. The molecule has 2 rings (SSSR count). The summed E-state index contributed by atoms with van der Waals surface area (Å²) < 4.78 is 11.7. The fourth-order valence-electron chi connectivity index (χ4n) is 3.09. The first kappa shape index (κ1) is 16.2. The SMILES string of the molecule is CCCCNC1CC(CC)(CC)Oc2cc(OC)ccc21. The summed E-state index contributed by atoms with van der Waals surface area (Å²) in [6.45, 7) is 7.73. The van der Waals surface area contributed by atoms with Crippen LogP contribution in [0.25, 0.3) is 0 Å². The van der Waals surface area contributed by atoms with E-state index in [1.807, 2.05) is 12.1 Å². The number of fused-ring (bicyclic) bond motifs is 1. The summed E-state index contributed by atoms with van der Waals surface area (Å²) in [5.74, 6) is 1.85. The molecule has 3 heteroatoms. The first-order chi connectivity index (χ1) is 10.2. The van der Waals surface area contributed by atoms with Gasteiger partial charge >= 0.3 is 0 Å². The number of benzene rings is 1. The molecule has 1 aliphatic heterocycles. The van der Waals surface area contributed by atoms with Crippen molar-refractivity contribution >= 4 is 0 Å². The smallest absolute Gasteiger partial charge is 0.128 e. The second-order valence-electron chi connectivity index (χ2n) is 5.96. The summed E-state index contributed by atoms with van der Waals surface area (Å²) >= 11 is 0. The van der Waals surface area contributed by atoms with E-state index >= 15 is 0 Å². The number of nitrogens with one attached hydrogen (secondary N) is 1. The highest BCUT2D eigenvalue weighted by atomic mass is 16.5. The lowest BCUT2D eigenvalue weighted by molar-refractivity contribution is 0.0226. The largest absolute Gasteiger partial charge is 0.497 e. The van der Waals surface area contributed by atoms with Crippen molar-refractivity contribution in [3.63, 3.8) is 0 Å². The van der Waals surface area contributed by atoms with Crippen LogP contribution in [0, 0.1) is 0 Å². The third kappa shape index (κ3) is 3.52. The molecular formula is C18H29NO2. The van der Waals surface area contributed by atoms with Crippen molar-refractivity contribution in [1.82, 2.24) is 5.32 Å². The van der Waals surface area contributed by atoms with Crippen LogP contribution in [0.15, 0.2) is 18.2 Å². The molecule has 0 radical (unpaired) electrons. The van der Waals surface area contributed by atoms with Crippen molar-refractivity contribution in [2.45, 2.75) is 64.5 Å². The minimum atomic E-state index is -0.0523. The molecule has 21 heavy (non-hydrogen) atoms. The monoisotopic (exact) mass is 291 g/mol. The maximum absolute atomic E-state index is 6.38. The second-order valence-corrected chi connectivity index (χ2v) is 5.96. The Morgan fingerprint density at radius 3 is 2.67 bits per heavy atom. The van der Waals surface area contributed by atoms with Gasteiger partial charge < -0.3 is 14.8 Å². The number of rotatable bonds is 7. The normalized spacial score (nSPS) is 19.7. The van der Waals surface area contributed by atoms with Crippen molar-refractivity contribution in [3.8, 4) is 11.5 Å². The maximum Gasteiger partial charge on any atom is 0.128 e. The number of hydrogen-bond acceptors (Lipinski definition) is 3. The van der Waals surface area contributed by atoms with E-state index in [1.165, 1.54) is 18.4 Å². The zero-order valence-electron chi connectivity index (χ0n) is 13.9. The van der Waals surface area contributed by atoms with Gasteiger partial charge in [0.15, 0.2) is 0 Å². The van der Waals surface area contributed by atoms with Gasteiger partial charge in [-0.05, 0) is 31.9 Å². The highest BCUT2D eigenvalue weighted by Crippen LogP contribution is 2.44. The first-order valence-electron chi connectivity index (χ1n) is 8.28. The summed E-state index contributed by atoms with van der Waals surface area (Å²) in [7, 11) is 1.70. The van der Waals surface area contributed by atoms with Crippen LogP contribution in [0.1, 0.15) is 64.5 Å². The molecule has 1 N–H and O–H groups in total. The average Bonchev–Trinajstić information content (AvgIpc) is 2.54. The molecule has 1 aliphatic rings. The third-order valence-electron chi connectivity index (χ3n) is 4.71. The molecule has 0 aliphatic carbocycles. The lowest BCUT2D eigenvalue weighted by Crippen LogP contribution is -2.43. The fourth-order valence-corrected chi connectivity index (χ4v) is 3.09. The van der Waals surface area contributed by atoms with Crippen molar-refractivity contribution in [2.75, 3.05) is 13.7 Å². The van der Waals surface area contributed by atoms with Gasteiger partial charge in [-0.25, -0.2) is 0 Å². The van der Waals surface area contributed by atoms with Crippen molar-refractivity contribution < 1.29 is 9.47 Å². The Morgan fingerprint density at radius 2 is 2.05 bits per heavy atom. The standard InChI is InChI=1S/C18H29NO2/c1-5-8-11-19-16-13-18(6-2,7-3)21-17-12-14(20-4)9-10-15(16)17/h9-10,12,16,19H,5-8,11,13H2,1-4H3. The van der Waals surface area contributed by atoms with Crippen LogP contribution in [0.5, 0.6) is 11.5 Å². The molecule has 0 fully saturated rings. The molecule has 0 spiro atoms. The maximum atomic E-state index is 6.38. The average molecular weight is 291 g/mol. The van der Waals surface area contributed by atoms with Gasteiger partial charge in [-0.15, -0.1) is 0 Å². The van der Waals surface area contributed by atoms with Gasteiger partial charge in [-0.3, -0.25) is 0 Å². The molecule has 3 nitrogen and oxygen atoms in total. The lowest BCUT2D eigenvalue weighted by Gasteiger charge is -2.42. The first-order valence-corrected chi connectivity index (χ1v) is 8.28. The number of ether oxygens (including phenoxy) is 2. The van der Waals surface area contributed by atoms with Crippen LogP contribution in [0.2, 0.25) is 0 Å². The highest BCUT2D eigenvalue weighted by molar-refractivity contribution is 5.44. The Bertz CT molecular complexity index is 455. The lowest BCUT2D eigenvalue weighted by atomic mass is 9.83. The fraction of sp³-hybridized carbons (Fsp3) is 0.667. The topological polar surface area (TPSA) is 30.5 Å². The predicted molar refractivity (Wildman–Crippen MR) is 87.2 cm³/mol. The molecule has 0 saturated carbocycles. The van der Waals surface area contributed by atoms with Crippen LogP contribution in [-0.2, 0) is 0 Å². The molecule has 0 bridgehead atoms. The Balaban J connectivity index is 2.28. The Morgan fingerprint density at radius 1 is 1.29 bits per heavy atom. The third-order valence-corrected chi connectivity index (χ3v) is 4.71. The molecular weight excluding hydrogens is 262 g/mol. The second kappa shape index (κ2) is 7.17. The van der Waals surface area contributed by atoms with Gasteiger partial charge in [0, 0.05) is 24.1 Å². The summed E-state index contributed by atoms with van der Waals surface area (Å²) in [4.78, 5) is 0. The molecule has 1 atom stereocenters. The van der Waals surface area contributed by atoms with E-state index in [2.05, 4.69) is 32.2 Å². The van der Waals surface area contributed by atoms with E-state index in [4.69, 9.17) is 9.47 Å². The molecule has 0 aromatic heterocycles. The Labute approximate surface area is 129 Å². The molecule has 0 amide bonds. The van der Waals surface area contributed by atoms with E-state index in [-0.39, 0.29) is 5.60 Å². The van der Waals surface area contributed by atoms with E-state index in [9.17, 15) is 0 Å². The Hall–Kier alpha value is -1.22. The number of unbranched alkanes of at least 4 members (excludes halogenated alkanes) is 1. The zero-order chi connectivity index (χ0) is 15.3. The summed E-state index contributed by atoms with van der Waals surface area (Å²) in [6.07, 6.45) is 5.55. The van der Waals surface area contributed by atoms with Gasteiger partial charge in [0.05, 0.1) is 7.11 Å². The van der Waals surface area contributed by atoms with E-state index in [1.54, 1.807) is 7.11 Å². The molecule has 0 saturated heterocycles. The van der Waals surface area contributed by atoms with Crippen LogP contribution in [0.3, 0.4) is 0 Å². The number of hydrogen-bond donors (Lipinski definition) is 1. The van der Waals surface area contributed by atoms with Gasteiger partial charge in [0.25, 0.3) is 0 Å². The minimum Gasteiger partial charge on any atom is -0.497 e. The van der Waals surface area contributed by atoms with Crippen LogP contribution in [-0.4, -0.2) is 19.3 Å². The van der Waals surface area contributed by atoms with Crippen molar-refractivity contribution in [2.24, 2.45) is 0 Å². The zero-order valence-corrected chi connectivity index (χ0v) is 13.9. The molecule has 1 heterocycles. The quantitative estimate of drug-likeness (QED) is 0.752. The van der Waals surface area contributed by atoms with E-state index < -0.39 is 0 Å². The van der Waals surface area contributed by atoms with Gasteiger partial charge in [0.1, 0.15) is 17.1 Å². The summed E-state index contributed by atoms with van der Waals surface area (Å²) in [6, 6.07) is 6.59. The molecule has 1 unspecified atom stereocenters. The van der Waals surface area contributed by atoms with Crippen LogP contribution < -0.4 is 14.8 Å². The molecule has 118 valence electrons.